The number of methoxy groups -OCH3 is 1. The van der Waals surface area contributed by atoms with Crippen LogP contribution in [-0.4, -0.2) is 18.8 Å². The molecule has 5 nitrogen and oxygen atoms in total. The van der Waals surface area contributed by atoms with Crippen LogP contribution in [0, 0.1) is 11.3 Å². The highest BCUT2D eigenvalue weighted by Crippen LogP contribution is 2.29. The van der Waals surface area contributed by atoms with Crippen LogP contribution >= 0.6 is 0 Å². The minimum Gasteiger partial charge on any atom is -0.496 e. The van der Waals surface area contributed by atoms with E-state index in [1.165, 1.54) is 7.11 Å². The van der Waals surface area contributed by atoms with Crippen LogP contribution in [0.2, 0.25) is 0 Å². The van der Waals surface area contributed by atoms with Gasteiger partial charge in [-0.2, -0.15) is 5.26 Å². The predicted molar refractivity (Wildman–Crippen MR) is 76.9 cm³/mol. The summed E-state index contributed by atoms with van der Waals surface area (Å²) in [5, 5.41) is 11.6. The Morgan fingerprint density at radius 2 is 2.05 bits per heavy atom. The summed E-state index contributed by atoms with van der Waals surface area (Å²) in [5.74, 6) is 0.285. The van der Waals surface area contributed by atoms with E-state index in [0.717, 1.165) is 5.56 Å². The SMILES string of the molecule is COc1cc(NC(=O)OC(C)(C)C)ccc1C(C)C#N. The molecule has 0 aliphatic rings. The van der Waals surface area contributed by atoms with E-state index in [0.29, 0.717) is 11.4 Å². The van der Waals surface area contributed by atoms with Crippen LogP contribution < -0.4 is 10.1 Å². The van der Waals surface area contributed by atoms with Gasteiger partial charge in [0.15, 0.2) is 0 Å². The summed E-state index contributed by atoms with van der Waals surface area (Å²) in [6.45, 7) is 7.18. The van der Waals surface area contributed by atoms with Crippen LogP contribution in [0.15, 0.2) is 18.2 Å². The Kier molecular flexibility index (Phi) is 4.98. The van der Waals surface area contributed by atoms with Gasteiger partial charge in [-0.3, -0.25) is 5.32 Å². The first-order valence-corrected chi connectivity index (χ1v) is 6.34. The quantitative estimate of drug-likeness (QED) is 0.914. The number of nitriles is 1. The Labute approximate surface area is 119 Å². The fraction of sp³-hybridized carbons (Fsp3) is 0.467. The Bertz CT molecular complexity index is 527. The molecule has 0 aromatic heterocycles. The average Bonchev–Trinajstić information content (AvgIpc) is 2.35. The number of amides is 1. The number of anilines is 1. The summed E-state index contributed by atoms with van der Waals surface area (Å²) in [6.07, 6.45) is -0.527. The Morgan fingerprint density at radius 1 is 1.40 bits per heavy atom. The molecule has 0 heterocycles. The number of nitrogens with zero attached hydrogens (tertiary/aromatic N) is 1. The van der Waals surface area contributed by atoms with Crippen LogP contribution in [0.4, 0.5) is 10.5 Å². The third-order valence-corrected chi connectivity index (χ3v) is 2.54. The maximum Gasteiger partial charge on any atom is 0.412 e. The van der Waals surface area contributed by atoms with Gasteiger partial charge in [-0.25, -0.2) is 4.79 Å². The van der Waals surface area contributed by atoms with Crippen LogP contribution in [0.5, 0.6) is 5.75 Å². The van der Waals surface area contributed by atoms with Crippen LogP contribution in [0.25, 0.3) is 0 Å². The van der Waals surface area contributed by atoms with E-state index in [2.05, 4.69) is 11.4 Å². The second-order valence-electron chi connectivity index (χ2n) is 5.43. The molecule has 0 aliphatic carbocycles. The summed E-state index contributed by atoms with van der Waals surface area (Å²) in [5.41, 5.74) is 0.790. The molecule has 0 radical (unpaired) electrons. The number of hydrogen-bond acceptors (Lipinski definition) is 4. The van der Waals surface area contributed by atoms with Crippen molar-refractivity contribution in [2.45, 2.75) is 39.2 Å². The monoisotopic (exact) mass is 276 g/mol. The van der Waals surface area contributed by atoms with Gasteiger partial charge >= 0.3 is 6.09 Å². The molecule has 0 saturated heterocycles. The summed E-state index contributed by atoms with van der Waals surface area (Å²) in [7, 11) is 1.53. The van der Waals surface area contributed by atoms with Gasteiger partial charge in [0.25, 0.3) is 0 Å². The van der Waals surface area contributed by atoms with Crippen molar-refractivity contribution in [3.05, 3.63) is 23.8 Å². The van der Waals surface area contributed by atoms with Crippen molar-refractivity contribution in [3.8, 4) is 11.8 Å². The van der Waals surface area contributed by atoms with Gasteiger partial charge in [0, 0.05) is 17.3 Å². The number of hydrogen-bond donors (Lipinski definition) is 1. The number of carbonyl (C=O) groups excluding carboxylic acids is 1. The second kappa shape index (κ2) is 6.29. The lowest BCUT2D eigenvalue weighted by atomic mass is 10.0. The molecule has 0 aliphatic heterocycles. The predicted octanol–water partition coefficient (Wildman–Crippen LogP) is 3.67. The number of ether oxygens (including phenoxy) is 2. The second-order valence-corrected chi connectivity index (χ2v) is 5.43. The van der Waals surface area contributed by atoms with Gasteiger partial charge in [0.05, 0.1) is 19.1 Å². The highest BCUT2D eigenvalue weighted by molar-refractivity contribution is 5.85. The van der Waals surface area contributed by atoms with Crippen molar-refractivity contribution in [1.29, 1.82) is 5.26 Å². The standard InChI is InChI=1S/C15H20N2O3/c1-10(9-16)12-7-6-11(8-13(12)19-5)17-14(18)20-15(2,3)4/h6-8,10H,1-5H3,(H,17,18). The zero-order valence-electron chi connectivity index (χ0n) is 12.5. The molecule has 1 aromatic carbocycles. The normalized spacial score (nSPS) is 12.2. The van der Waals surface area contributed by atoms with Gasteiger partial charge in [-0.1, -0.05) is 6.07 Å². The van der Waals surface area contributed by atoms with Crippen LogP contribution in [-0.2, 0) is 4.74 Å². The van der Waals surface area contributed by atoms with Crippen molar-refractivity contribution < 1.29 is 14.3 Å². The summed E-state index contributed by atoms with van der Waals surface area (Å²) < 4.78 is 10.4. The smallest absolute Gasteiger partial charge is 0.412 e. The first kappa shape index (κ1) is 15.8. The van der Waals surface area contributed by atoms with E-state index in [1.807, 2.05) is 0 Å². The molecule has 1 unspecified atom stereocenters. The molecule has 1 rings (SSSR count). The van der Waals surface area contributed by atoms with Crippen molar-refractivity contribution in [2.24, 2.45) is 0 Å². The van der Waals surface area contributed by atoms with Crippen LogP contribution in [0.1, 0.15) is 39.2 Å². The number of carbonyl (C=O) groups is 1. The highest BCUT2D eigenvalue weighted by atomic mass is 16.6. The Balaban J connectivity index is 2.89. The molecule has 1 atom stereocenters. The molecule has 5 heteroatoms. The minimum atomic E-state index is -0.552. The average molecular weight is 276 g/mol. The molecular formula is C15H20N2O3. The summed E-state index contributed by atoms with van der Waals surface area (Å²) in [6, 6.07) is 7.31. The van der Waals surface area contributed by atoms with Crippen molar-refractivity contribution >= 4 is 11.8 Å². The Hall–Kier alpha value is -2.22. The van der Waals surface area contributed by atoms with Gasteiger partial charge in [0.1, 0.15) is 11.4 Å². The molecule has 0 saturated carbocycles. The van der Waals surface area contributed by atoms with Gasteiger partial charge in [-0.15, -0.1) is 0 Å². The van der Waals surface area contributed by atoms with E-state index >= 15 is 0 Å². The third kappa shape index (κ3) is 4.47. The number of rotatable bonds is 3. The number of nitrogens with one attached hydrogen (secondary N) is 1. The molecule has 0 bridgehead atoms. The number of benzene rings is 1. The van der Waals surface area contributed by atoms with Gasteiger partial charge in [0.2, 0.25) is 0 Å². The van der Waals surface area contributed by atoms with Crippen molar-refractivity contribution in [2.75, 3.05) is 12.4 Å². The molecule has 108 valence electrons. The molecule has 0 fully saturated rings. The summed E-state index contributed by atoms with van der Waals surface area (Å²) in [4.78, 5) is 11.7. The van der Waals surface area contributed by atoms with E-state index in [-0.39, 0.29) is 5.92 Å². The van der Waals surface area contributed by atoms with E-state index < -0.39 is 11.7 Å². The molecule has 0 spiro atoms. The first-order chi connectivity index (χ1) is 9.26. The zero-order valence-corrected chi connectivity index (χ0v) is 12.5. The fourth-order valence-electron chi connectivity index (χ4n) is 1.64. The largest absolute Gasteiger partial charge is 0.496 e. The summed E-state index contributed by atoms with van der Waals surface area (Å²) >= 11 is 0. The lowest BCUT2D eigenvalue weighted by molar-refractivity contribution is 0.0636. The van der Waals surface area contributed by atoms with Gasteiger partial charge < -0.3 is 9.47 Å². The van der Waals surface area contributed by atoms with E-state index in [4.69, 9.17) is 14.7 Å². The Morgan fingerprint density at radius 3 is 2.55 bits per heavy atom. The van der Waals surface area contributed by atoms with Crippen molar-refractivity contribution in [3.63, 3.8) is 0 Å². The molecule has 1 amide bonds. The lowest BCUT2D eigenvalue weighted by Gasteiger charge is -2.20. The zero-order chi connectivity index (χ0) is 15.3. The molecule has 1 aromatic rings. The molecule has 20 heavy (non-hydrogen) atoms. The highest BCUT2D eigenvalue weighted by Gasteiger charge is 2.17. The van der Waals surface area contributed by atoms with E-state index in [1.54, 1.807) is 45.9 Å². The third-order valence-electron chi connectivity index (χ3n) is 2.54. The van der Waals surface area contributed by atoms with E-state index in [9.17, 15) is 4.79 Å². The molecule has 1 N–H and O–H groups in total. The molecular weight excluding hydrogens is 256 g/mol. The maximum absolute atomic E-state index is 11.7. The minimum absolute atomic E-state index is 0.277. The van der Waals surface area contributed by atoms with Crippen LogP contribution in [0.3, 0.4) is 0 Å². The first-order valence-electron chi connectivity index (χ1n) is 6.34. The fourth-order valence-corrected chi connectivity index (χ4v) is 1.64. The van der Waals surface area contributed by atoms with Gasteiger partial charge in [-0.05, 0) is 33.8 Å². The van der Waals surface area contributed by atoms with Crippen molar-refractivity contribution in [1.82, 2.24) is 0 Å². The maximum atomic E-state index is 11.7. The lowest BCUT2D eigenvalue weighted by Crippen LogP contribution is -2.27. The topological polar surface area (TPSA) is 71.3 Å².